The number of benzene rings is 1. The smallest absolute Gasteiger partial charge is 0.0753 e. The molecule has 1 heterocycles. The molecule has 0 fully saturated rings. The van der Waals surface area contributed by atoms with Gasteiger partial charge in [-0.2, -0.15) is 0 Å². The fourth-order valence-corrected chi connectivity index (χ4v) is 2.16. The van der Waals surface area contributed by atoms with Crippen molar-refractivity contribution in [2.24, 2.45) is 0 Å². The van der Waals surface area contributed by atoms with Crippen molar-refractivity contribution < 1.29 is 5.11 Å². The zero-order chi connectivity index (χ0) is 14.4. The molecular formula is C16H21N3O. The van der Waals surface area contributed by atoms with Crippen molar-refractivity contribution in [1.82, 2.24) is 15.3 Å². The second kappa shape index (κ2) is 7.12. The monoisotopic (exact) mass is 271 g/mol. The van der Waals surface area contributed by atoms with E-state index >= 15 is 0 Å². The number of rotatable bonds is 6. The Labute approximate surface area is 119 Å². The summed E-state index contributed by atoms with van der Waals surface area (Å²) in [5.74, 6) is 0. The molecule has 2 N–H and O–H groups in total. The van der Waals surface area contributed by atoms with Gasteiger partial charge in [-0.3, -0.25) is 15.3 Å². The fourth-order valence-electron chi connectivity index (χ4n) is 2.16. The minimum Gasteiger partial charge on any atom is -0.394 e. The third-order valence-corrected chi connectivity index (χ3v) is 3.45. The van der Waals surface area contributed by atoms with Gasteiger partial charge in [0.25, 0.3) is 0 Å². The summed E-state index contributed by atoms with van der Waals surface area (Å²) < 4.78 is 0. The Morgan fingerprint density at radius 1 is 1.20 bits per heavy atom. The molecule has 20 heavy (non-hydrogen) atoms. The molecule has 4 heteroatoms. The highest BCUT2D eigenvalue weighted by atomic mass is 16.3. The average Bonchev–Trinajstić information content (AvgIpc) is 2.53. The molecule has 2 rings (SSSR count). The Hall–Kier alpha value is -1.78. The number of nitrogens with zero attached hydrogens (tertiary/aromatic N) is 2. The van der Waals surface area contributed by atoms with Gasteiger partial charge in [0.2, 0.25) is 0 Å². The molecule has 1 aromatic carbocycles. The molecule has 0 aliphatic rings. The van der Waals surface area contributed by atoms with Crippen molar-refractivity contribution in [3.05, 3.63) is 59.7 Å². The van der Waals surface area contributed by atoms with Crippen LogP contribution in [0.15, 0.2) is 42.9 Å². The van der Waals surface area contributed by atoms with E-state index < -0.39 is 0 Å². The molecule has 2 atom stereocenters. The van der Waals surface area contributed by atoms with Crippen LogP contribution in [0.2, 0.25) is 0 Å². The molecular weight excluding hydrogens is 250 g/mol. The van der Waals surface area contributed by atoms with Crippen LogP contribution < -0.4 is 5.32 Å². The molecule has 0 amide bonds. The Balaban J connectivity index is 2.08. The number of aromatic nitrogens is 2. The summed E-state index contributed by atoms with van der Waals surface area (Å²) in [6, 6.07) is 8.27. The largest absolute Gasteiger partial charge is 0.394 e. The fraction of sp³-hybridized carbons (Fsp3) is 0.375. The second-order valence-electron chi connectivity index (χ2n) is 4.85. The highest BCUT2D eigenvalue weighted by molar-refractivity contribution is 5.25. The number of hydrogen-bond acceptors (Lipinski definition) is 4. The highest BCUT2D eigenvalue weighted by Gasteiger charge is 2.15. The molecule has 2 unspecified atom stereocenters. The maximum Gasteiger partial charge on any atom is 0.0753 e. The predicted molar refractivity (Wildman–Crippen MR) is 79.2 cm³/mol. The van der Waals surface area contributed by atoms with E-state index in [1.165, 1.54) is 5.56 Å². The summed E-state index contributed by atoms with van der Waals surface area (Å²) in [5.41, 5.74) is 3.25. The third-order valence-electron chi connectivity index (χ3n) is 3.45. The van der Waals surface area contributed by atoms with Crippen molar-refractivity contribution in [3.63, 3.8) is 0 Å². The molecule has 2 aromatic rings. The van der Waals surface area contributed by atoms with Crippen LogP contribution in [-0.2, 0) is 6.42 Å². The molecule has 1 aromatic heterocycles. The van der Waals surface area contributed by atoms with Gasteiger partial charge in [0.1, 0.15) is 0 Å². The zero-order valence-electron chi connectivity index (χ0n) is 12.0. The highest BCUT2D eigenvalue weighted by Crippen LogP contribution is 2.18. The lowest BCUT2D eigenvalue weighted by Gasteiger charge is -2.21. The van der Waals surface area contributed by atoms with E-state index in [2.05, 4.69) is 46.5 Å². The first-order chi connectivity index (χ1) is 9.74. The van der Waals surface area contributed by atoms with E-state index in [1.807, 2.05) is 6.92 Å². The normalized spacial score (nSPS) is 13.9. The van der Waals surface area contributed by atoms with Crippen molar-refractivity contribution in [1.29, 1.82) is 0 Å². The van der Waals surface area contributed by atoms with E-state index in [0.29, 0.717) is 0 Å². The molecule has 0 saturated carbocycles. The van der Waals surface area contributed by atoms with Gasteiger partial charge in [-0.25, -0.2) is 0 Å². The lowest BCUT2D eigenvalue weighted by Crippen LogP contribution is -2.27. The second-order valence-corrected chi connectivity index (χ2v) is 4.85. The minimum atomic E-state index is -0.0992. The number of nitrogens with one attached hydrogen (secondary N) is 1. The van der Waals surface area contributed by atoms with Gasteiger partial charge in [0, 0.05) is 24.6 Å². The summed E-state index contributed by atoms with van der Waals surface area (Å²) >= 11 is 0. The molecule has 0 aliphatic heterocycles. The standard InChI is InChI=1S/C16H21N3O/c1-3-13-4-6-14(7-5-13)16(11-20)19-12(2)15-10-17-8-9-18-15/h4-10,12,16,19-20H,3,11H2,1-2H3. The van der Waals surface area contributed by atoms with E-state index in [4.69, 9.17) is 0 Å². The van der Waals surface area contributed by atoms with Crippen LogP contribution in [-0.4, -0.2) is 21.7 Å². The van der Waals surface area contributed by atoms with E-state index in [9.17, 15) is 5.11 Å². The van der Waals surface area contributed by atoms with Crippen LogP contribution in [0.3, 0.4) is 0 Å². The van der Waals surface area contributed by atoms with Crippen LogP contribution in [0.1, 0.15) is 42.8 Å². The molecule has 0 radical (unpaired) electrons. The van der Waals surface area contributed by atoms with Gasteiger partial charge in [-0.1, -0.05) is 31.2 Å². The maximum absolute atomic E-state index is 9.60. The maximum atomic E-state index is 9.60. The lowest BCUT2D eigenvalue weighted by molar-refractivity contribution is 0.234. The SMILES string of the molecule is CCc1ccc(C(CO)NC(C)c2cnccn2)cc1. The number of aryl methyl sites for hydroxylation is 1. The van der Waals surface area contributed by atoms with E-state index in [1.54, 1.807) is 18.6 Å². The Morgan fingerprint density at radius 3 is 2.50 bits per heavy atom. The van der Waals surface area contributed by atoms with Crippen molar-refractivity contribution in [3.8, 4) is 0 Å². The summed E-state index contributed by atoms with van der Waals surface area (Å²) in [4.78, 5) is 8.35. The van der Waals surface area contributed by atoms with Crippen LogP contribution >= 0.6 is 0 Å². The van der Waals surface area contributed by atoms with Gasteiger partial charge < -0.3 is 5.11 Å². The lowest BCUT2D eigenvalue weighted by atomic mass is 10.0. The van der Waals surface area contributed by atoms with Gasteiger partial charge >= 0.3 is 0 Å². The minimum absolute atomic E-state index is 0.0340. The topological polar surface area (TPSA) is 58.0 Å². The summed E-state index contributed by atoms with van der Waals surface area (Å²) in [6.07, 6.45) is 6.10. The van der Waals surface area contributed by atoms with Crippen molar-refractivity contribution >= 4 is 0 Å². The van der Waals surface area contributed by atoms with E-state index in [-0.39, 0.29) is 18.7 Å². The molecule has 0 spiro atoms. The summed E-state index contributed by atoms with van der Waals surface area (Å²) in [7, 11) is 0. The summed E-state index contributed by atoms with van der Waals surface area (Å²) in [5, 5.41) is 13.0. The predicted octanol–water partition coefficient (Wildman–Crippen LogP) is 2.42. The molecule has 4 nitrogen and oxygen atoms in total. The third kappa shape index (κ3) is 3.62. The zero-order valence-corrected chi connectivity index (χ0v) is 12.0. The van der Waals surface area contributed by atoms with Gasteiger partial charge in [-0.15, -0.1) is 0 Å². The number of aliphatic hydroxyl groups excluding tert-OH is 1. The Morgan fingerprint density at radius 2 is 1.95 bits per heavy atom. The Kier molecular flexibility index (Phi) is 5.21. The van der Waals surface area contributed by atoms with Crippen LogP contribution in [0.4, 0.5) is 0 Å². The van der Waals surface area contributed by atoms with Crippen LogP contribution in [0, 0.1) is 0 Å². The quantitative estimate of drug-likeness (QED) is 0.847. The average molecular weight is 271 g/mol. The van der Waals surface area contributed by atoms with Crippen molar-refractivity contribution in [2.75, 3.05) is 6.61 Å². The van der Waals surface area contributed by atoms with Crippen LogP contribution in [0.25, 0.3) is 0 Å². The number of hydrogen-bond donors (Lipinski definition) is 2. The first-order valence-electron chi connectivity index (χ1n) is 6.96. The molecule has 0 bridgehead atoms. The molecule has 0 saturated heterocycles. The first-order valence-corrected chi connectivity index (χ1v) is 6.96. The Bertz CT molecular complexity index is 513. The van der Waals surface area contributed by atoms with E-state index in [0.717, 1.165) is 17.7 Å². The molecule has 0 aliphatic carbocycles. The van der Waals surface area contributed by atoms with Gasteiger partial charge in [0.05, 0.1) is 18.3 Å². The first kappa shape index (κ1) is 14.6. The van der Waals surface area contributed by atoms with Crippen molar-refractivity contribution in [2.45, 2.75) is 32.4 Å². The molecule has 106 valence electrons. The van der Waals surface area contributed by atoms with Gasteiger partial charge in [-0.05, 0) is 24.5 Å². The van der Waals surface area contributed by atoms with Crippen LogP contribution in [0.5, 0.6) is 0 Å². The number of aliphatic hydroxyl groups is 1. The summed E-state index contributed by atoms with van der Waals surface area (Å²) in [6.45, 7) is 4.20. The van der Waals surface area contributed by atoms with Gasteiger partial charge in [0.15, 0.2) is 0 Å².